The lowest BCUT2D eigenvalue weighted by Crippen LogP contribution is -2.05. The second-order valence-electron chi connectivity index (χ2n) is 4.61. The Bertz CT molecular complexity index is 555. The molecule has 1 aromatic heterocycles. The number of nitrogens with two attached hydrogens (primary N) is 1. The molecule has 4 nitrogen and oxygen atoms in total. The van der Waals surface area contributed by atoms with E-state index in [9.17, 15) is 0 Å². The van der Waals surface area contributed by atoms with E-state index in [0.29, 0.717) is 12.4 Å². The Morgan fingerprint density at radius 3 is 2.63 bits per heavy atom. The van der Waals surface area contributed by atoms with Gasteiger partial charge in [-0.05, 0) is 38.1 Å². The molecule has 0 spiro atoms. The largest absolute Gasteiger partial charge is 0.491 e. The molecule has 100 valence electrons. The first-order valence-electron chi connectivity index (χ1n) is 6.30. The molecular formula is C15H19N3O. The molecule has 0 unspecified atom stereocenters. The number of benzene rings is 1. The van der Waals surface area contributed by atoms with Crippen LogP contribution in [0.3, 0.4) is 0 Å². The number of nitrogens with zero attached hydrogens (tertiary/aromatic N) is 2. The van der Waals surface area contributed by atoms with Crippen molar-refractivity contribution in [3.05, 3.63) is 43.2 Å². The zero-order valence-electron chi connectivity index (χ0n) is 11.3. The van der Waals surface area contributed by atoms with Crippen LogP contribution in [0.2, 0.25) is 0 Å². The molecular weight excluding hydrogens is 238 g/mol. The van der Waals surface area contributed by atoms with Crippen molar-refractivity contribution in [2.45, 2.75) is 26.5 Å². The SMILES string of the molecule is C=CCn1cnc(-c2ccc(OC(C)C)cc2)c1N. The predicted molar refractivity (Wildman–Crippen MR) is 78.0 cm³/mol. The summed E-state index contributed by atoms with van der Waals surface area (Å²) in [5.74, 6) is 1.50. The number of ether oxygens (including phenoxy) is 1. The number of aromatic nitrogens is 2. The van der Waals surface area contributed by atoms with Gasteiger partial charge in [-0.1, -0.05) is 6.08 Å². The molecule has 1 heterocycles. The molecule has 0 aliphatic carbocycles. The molecule has 0 radical (unpaired) electrons. The summed E-state index contributed by atoms with van der Waals surface area (Å²) >= 11 is 0. The third kappa shape index (κ3) is 2.96. The van der Waals surface area contributed by atoms with Gasteiger partial charge in [0.15, 0.2) is 0 Å². The van der Waals surface area contributed by atoms with Crippen LogP contribution >= 0.6 is 0 Å². The van der Waals surface area contributed by atoms with Gasteiger partial charge < -0.3 is 15.0 Å². The Kier molecular flexibility index (Phi) is 3.90. The second-order valence-corrected chi connectivity index (χ2v) is 4.61. The van der Waals surface area contributed by atoms with Crippen LogP contribution in [0.15, 0.2) is 43.2 Å². The number of hydrogen-bond acceptors (Lipinski definition) is 3. The van der Waals surface area contributed by atoms with E-state index in [1.807, 2.05) is 42.7 Å². The van der Waals surface area contributed by atoms with E-state index in [-0.39, 0.29) is 6.10 Å². The zero-order valence-corrected chi connectivity index (χ0v) is 11.3. The molecule has 0 saturated carbocycles. The standard InChI is InChI=1S/C15H19N3O/c1-4-9-18-10-17-14(15(18)16)12-5-7-13(8-6-12)19-11(2)3/h4-8,10-11H,1,9,16H2,2-3H3. The van der Waals surface area contributed by atoms with E-state index in [1.165, 1.54) is 0 Å². The van der Waals surface area contributed by atoms with Crippen molar-refractivity contribution >= 4 is 5.82 Å². The molecule has 19 heavy (non-hydrogen) atoms. The van der Waals surface area contributed by atoms with E-state index >= 15 is 0 Å². The fourth-order valence-electron chi connectivity index (χ4n) is 1.86. The predicted octanol–water partition coefficient (Wildman–Crippen LogP) is 3.11. The molecule has 0 amide bonds. The minimum Gasteiger partial charge on any atom is -0.491 e. The maximum absolute atomic E-state index is 6.06. The summed E-state index contributed by atoms with van der Waals surface area (Å²) in [7, 11) is 0. The van der Waals surface area contributed by atoms with Gasteiger partial charge >= 0.3 is 0 Å². The smallest absolute Gasteiger partial charge is 0.131 e. The molecule has 0 aliphatic heterocycles. The molecule has 4 heteroatoms. The Balaban J connectivity index is 2.24. The first-order valence-corrected chi connectivity index (χ1v) is 6.30. The Morgan fingerprint density at radius 2 is 2.05 bits per heavy atom. The van der Waals surface area contributed by atoms with Crippen molar-refractivity contribution in [3.8, 4) is 17.0 Å². The Hall–Kier alpha value is -2.23. The topological polar surface area (TPSA) is 53.1 Å². The number of anilines is 1. The maximum Gasteiger partial charge on any atom is 0.131 e. The molecule has 2 N–H and O–H groups in total. The van der Waals surface area contributed by atoms with Gasteiger partial charge in [0.1, 0.15) is 17.3 Å². The fourth-order valence-corrected chi connectivity index (χ4v) is 1.86. The normalized spacial score (nSPS) is 10.7. The molecule has 0 bridgehead atoms. The van der Waals surface area contributed by atoms with E-state index in [1.54, 1.807) is 12.4 Å². The summed E-state index contributed by atoms with van der Waals surface area (Å²) < 4.78 is 7.47. The first-order chi connectivity index (χ1) is 9.11. The number of imidazole rings is 1. The summed E-state index contributed by atoms with van der Waals surface area (Å²) in [5.41, 5.74) is 7.83. The molecule has 0 aliphatic rings. The van der Waals surface area contributed by atoms with Crippen molar-refractivity contribution in [3.63, 3.8) is 0 Å². The van der Waals surface area contributed by atoms with Crippen molar-refractivity contribution < 1.29 is 4.74 Å². The number of nitrogen functional groups attached to an aromatic ring is 1. The second kappa shape index (κ2) is 5.61. The van der Waals surface area contributed by atoms with E-state index in [2.05, 4.69) is 11.6 Å². The van der Waals surface area contributed by atoms with E-state index in [0.717, 1.165) is 17.0 Å². The van der Waals surface area contributed by atoms with Crippen molar-refractivity contribution in [1.82, 2.24) is 9.55 Å². The quantitative estimate of drug-likeness (QED) is 0.837. The lowest BCUT2D eigenvalue weighted by Gasteiger charge is -2.09. The van der Waals surface area contributed by atoms with Gasteiger partial charge in [0, 0.05) is 12.1 Å². The van der Waals surface area contributed by atoms with Crippen LogP contribution in [0.4, 0.5) is 5.82 Å². The van der Waals surface area contributed by atoms with Crippen LogP contribution in [0, 0.1) is 0 Å². The lowest BCUT2D eigenvalue weighted by atomic mass is 10.1. The Labute approximate surface area is 113 Å². The van der Waals surface area contributed by atoms with E-state index in [4.69, 9.17) is 10.5 Å². The van der Waals surface area contributed by atoms with Crippen LogP contribution in [-0.4, -0.2) is 15.7 Å². The van der Waals surface area contributed by atoms with Crippen LogP contribution in [-0.2, 0) is 6.54 Å². The van der Waals surface area contributed by atoms with E-state index < -0.39 is 0 Å². The lowest BCUT2D eigenvalue weighted by molar-refractivity contribution is 0.242. The van der Waals surface area contributed by atoms with Crippen LogP contribution in [0.1, 0.15) is 13.8 Å². The van der Waals surface area contributed by atoms with Gasteiger partial charge in [0.05, 0.1) is 12.4 Å². The summed E-state index contributed by atoms with van der Waals surface area (Å²) in [4.78, 5) is 4.34. The fraction of sp³-hybridized carbons (Fsp3) is 0.267. The van der Waals surface area contributed by atoms with Gasteiger partial charge in [0.2, 0.25) is 0 Å². The van der Waals surface area contributed by atoms with Crippen LogP contribution in [0.25, 0.3) is 11.3 Å². The zero-order chi connectivity index (χ0) is 13.8. The maximum atomic E-state index is 6.06. The van der Waals surface area contributed by atoms with Crippen molar-refractivity contribution in [2.75, 3.05) is 5.73 Å². The Morgan fingerprint density at radius 1 is 1.37 bits per heavy atom. The third-order valence-corrected chi connectivity index (χ3v) is 2.70. The minimum absolute atomic E-state index is 0.169. The van der Waals surface area contributed by atoms with Gasteiger partial charge in [-0.25, -0.2) is 4.98 Å². The number of hydrogen-bond donors (Lipinski definition) is 1. The minimum atomic E-state index is 0.169. The average Bonchev–Trinajstić information content (AvgIpc) is 2.72. The monoisotopic (exact) mass is 257 g/mol. The summed E-state index contributed by atoms with van der Waals surface area (Å²) in [6, 6.07) is 7.80. The van der Waals surface area contributed by atoms with Gasteiger partial charge in [-0.2, -0.15) is 0 Å². The molecule has 0 saturated heterocycles. The average molecular weight is 257 g/mol. The van der Waals surface area contributed by atoms with Crippen molar-refractivity contribution in [1.29, 1.82) is 0 Å². The highest BCUT2D eigenvalue weighted by Gasteiger charge is 2.09. The van der Waals surface area contributed by atoms with Crippen LogP contribution in [0.5, 0.6) is 5.75 Å². The third-order valence-electron chi connectivity index (χ3n) is 2.70. The molecule has 2 aromatic rings. The summed E-state index contributed by atoms with van der Waals surface area (Å²) in [6.45, 7) is 8.36. The van der Waals surface area contributed by atoms with Crippen LogP contribution < -0.4 is 10.5 Å². The highest BCUT2D eigenvalue weighted by molar-refractivity contribution is 5.70. The summed E-state index contributed by atoms with van der Waals surface area (Å²) in [6.07, 6.45) is 3.69. The van der Waals surface area contributed by atoms with Gasteiger partial charge in [-0.15, -0.1) is 6.58 Å². The molecule has 1 aromatic carbocycles. The van der Waals surface area contributed by atoms with Crippen molar-refractivity contribution in [2.24, 2.45) is 0 Å². The van der Waals surface area contributed by atoms with Gasteiger partial charge in [0.25, 0.3) is 0 Å². The molecule has 0 fully saturated rings. The first kappa shape index (κ1) is 13.2. The summed E-state index contributed by atoms with van der Waals surface area (Å²) in [5, 5.41) is 0. The number of rotatable bonds is 5. The number of allylic oxidation sites excluding steroid dienone is 1. The van der Waals surface area contributed by atoms with Gasteiger partial charge in [-0.3, -0.25) is 0 Å². The molecule has 2 rings (SSSR count). The highest BCUT2D eigenvalue weighted by Crippen LogP contribution is 2.26. The highest BCUT2D eigenvalue weighted by atomic mass is 16.5. The molecule has 0 atom stereocenters.